The Morgan fingerprint density at radius 2 is 1.75 bits per heavy atom. The summed E-state index contributed by atoms with van der Waals surface area (Å²) in [6.07, 6.45) is 1.65. The maximum Gasteiger partial charge on any atom is 0.338 e. The molecule has 2 aromatic carbocycles. The lowest BCUT2D eigenvalue weighted by molar-refractivity contribution is -0.124. The van der Waals surface area contributed by atoms with Crippen molar-refractivity contribution in [3.8, 4) is 0 Å². The van der Waals surface area contributed by atoms with Gasteiger partial charge in [0, 0.05) is 6.04 Å². The van der Waals surface area contributed by atoms with Gasteiger partial charge < -0.3 is 10.1 Å². The molecule has 0 aliphatic heterocycles. The summed E-state index contributed by atoms with van der Waals surface area (Å²) in [6, 6.07) is 15.0. The van der Waals surface area contributed by atoms with Crippen LogP contribution < -0.4 is 5.32 Å². The number of amides is 1. The van der Waals surface area contributed by atoms with Crippen LogP contribution in [0, 0.1) is 5.82 Å². The summed E-state index contributed by atoms with van der Waals surface area (Å²) in [7, 11) is 0. The van der Waals surface area contributed by atoms with Gasteiger partial charge in [-0.2, -0.15) is 0 Å². The number of hydrogen-bond donors (Lipinski definition) is 1. The maximum absolute atomic E-state index is 12.8. The number of nitrogens with one attached hydrogen (secondary N) is 1. The van der Waals surface area contributed by atoms with Gasteiger partial charge in [-0.3, -0.25) is 4.79 Å². The standard InChI is InChI=1S/C19H20FNO3/c1-14(7-8-15-5-3-2-4-6-15)21-18(22)13-24-19(23)16-9-11-17(20)12-10-16/h2-6,9-12,14H,7-8,13H2,1H3,(H,21,22). The quantitative estimate of drug-likeness (QED) is 0.794. The van der Waals surface area contributed by atoms with Crippen LogP contribution in [0.4, 0.5) is 4.39 Å². The van der Waals surface area contributed by atoms with Crippen LogP contribution in [0.3, 0.4) is 0 Å². The number of aryl methyl sites for hydroxylation is 1. The van der Waals surface area contributed by atoms with Gasteiger partial charge in [-0.1, -0.05) is 30.3 Å². The fraction of sp³-hybridized carbons (Fsp3) is 0.263. The number of benzene rings is 2. The van der Waals surface area contributed by atoms with E-state index in [4.69, 9.17) is 4.74 Å². The van der Waals surface area contributed by atoms with Gasteiger partial charge in [0.1, 0.15) is 5.82 Å². The zero-order valence-corrected chi connectivity index (χ0v) is 13.5. The molecule has 1 amide bonds. The Morgan fingerprint density at radius 1 is 1.08 bits per heavy atom. The van der Waals surface area contributed by atoms with Crippen LogP contribution >= 0.6 is 0 Å². The highest BCUT2D eigenvalue weighted by atomic mass is 19.1. The Hall–Kier alpha value is -2.69. The predicted molar refractivity (Wildman–Crippen MR) is 89.1 cm³/mol. The van der Waals surface area contributed by atoms with Gasteiger partial charge in [-0.15, -0.1) is 0 Å². The van der Waals surface area contributed by atoms with E-state index in [9.17, 15) is 14.0 Å². The van der Waals surface area contributed by atoms with Crippen LogP contribution in [0.1, 0.15) is 29.3 Å². The van der Waals surface area contributed by atoms with E-state index in [1.54, 1.807) is 0 Å². The molecule has 0 fully saturated rings. The molecular weight excluding hydrogens is 309 g/mol. The fourth-order valence-electron chi connectivity index (χ4n) is 2.22. The van der Waals surface area contributed by atoms with Crippen molar-refractivity contribution >= 4 is 11.9 Å². The summed E-state index contributed by atoms with van der Waals surface area (Å²) >= 11 is 0. The molecule has 2 rings (SSSR count). The molecule has 24 heavy (non-hydrogen) atoms. The maximum atomic E-state index is 12.8. The van der Waals surface area contributed by atoms with E-state index < -0.39 is 11.8 Å². The first-order valence-electron chi connectivity index (χ1n) is 7.80. The topological polar surface area (TPSA) is 55.4 Å². The molecule has 1 N–H and O–H groups in total. The van der Waals surface area contributed by atoms with E-state index in [2.05, 4.69) is 5.32 Å². The third-order valence-corrected chi connectivity index (χ3v) is 3.53. The summed E-state index contributed by atoms with van der Waals surface area (Å²) < 4.78 is 17.7. The third kappa shape index (κ3) is 5.83. The van der Waals surface area contributed by atoms with Crippen LogP contribution in [0.2, 0.25) is 0 Å². The van der Waals surface area contributed by atoms with Crippen LogP contribution in [-0.2, 0) is 16.0 Å². The largest absolute Gasteiger partial charge is 0.452 e. The van der Waals surface area contributed by atoms with Crippen LogP contribution in [0.15, 0.2) is 54.6 Å². The number of hydrogen-bond acceptors (Lipinski definition) is 3. The highest BCUT2D eigenvalue weighted by Crippen LogP contribution is 2.06. The van der Waals surface area contributed by atoms with Crippen molar-refractivity contribution in [3.05, 3.63) is 71.5 Å². The van der Waals surface area contributed by atoms with E-state index in [0.717, 1.165) is 12.8 Å². The summed E-state index contributed by atoms with van der Waals surface area (Å²) in [5.74, 6) is -1.44. The molecule has 1 atom stereocenters. The molecule has 0 saturated heterocycles. The molecule has 5 heteroatoms. The molecular formula is C19H20FNO3. The molecule has 126 valence electrons. The minimum atomic E-state index is -0.651. The Balaban J connectivity index is 1.70. The van der Waals surface area contributed by atoms with Gasteiger partial charge in [-0.05, 0) is 49.6 Å². The summed E-state index contributed by atoms with van der Waals surface area (Å²) in [5, 5.41) is 2.79. The van der Waals surface area contributed by atoms with Gasteiger partial charge in [-0.25, -0.2) is 9.18 Å². The Bertz CT molecular complexity index is 671. The number of ether oxygens (including phenoxy) is 1. The van der Waals surface area contributed by atoms with Crippen molar-refractivity contribution in [2.45, 2.75) is 25.8 Å². The SMILES string of the molecule is CC(CCc1ccccc1)NC(=O)COC(=O)c1ccc(F)cc1. The highest BCUT2D eigenvalue weighted by molar-refractivity contribution is 5.91. The molecule has 1 unspecified atom stereocenters. The van der Waals surface area contributed by atoms with Crippen molar-refractivity contribution in [2.24, 2.45) is 0 Å². The zero-order valence-electron chi connectivity index (χ0n) is 13.5. The minimum absolute atomic E-state index is 0.0257. The molecule has 0 radical (unpaired) electrons. The van der Waals surface area contributed by atoms with E-state index in [1.165, 1.54) is 29.8 Å². The number of esters is 1. The number of halogens is 1. The normalized spacial score (nSPS) is 11.6. The molecule has 0 aliphatic carbocycles. The smallest absolute Gasteiger partial charge is 0.338 e. The molecule has 4 nitrogen and oxygen atoms in total. The van der Waals surface area contributed by atoms with Gasteiger partial charge in [0.2, 0.25) is 0 Å². The van der Waals surface area contributed by atoms with Crippen molar-refractivity contribution in [1.29, 1.82) is 0 Å². The first-order chi connectivity index (χ1) is 11.5. The molecule has 0 aromatic heterocycles. The van der Waals surface area contributed by atoms with E-state index in [1.807, 2.05) is 37.3 Å². The first-order valence-corrected chi connectivity index (χ1v) is 7.80. The minimum Gasteiger partial charge on any atom is -0.452 e. The van der Waals surface area contributed by atoms with Gasteiger partial charge in [0.25, 0.3) is 5.91 Å². The number of carbonyl (C=O) groups is 2. The lowest BCUT2D eigenvalue weighted by Gasteiger charge is -2.14. The molecule has 0 bridgehead atoms. The Kier molecular flexibility index (Phi) is 6.49. The Labute approximate surface area is 140 Å². The van der Waals surface area contributed by atoms with Crippen molar-refractivity contribution in [2.75, 3.05) is 6.61 Å². The summed E-state index contributed by atoms with van der Waals surface area (Å²) in [4.78, 5) is 23.5. The number of rotatable bonds is 7. The first kappa shape index (κ1) is 17.7. The second-order valence-electron chi connectivity index (χ2n) is 5.58. The molecule has 0 aliphatic rings. The van der Waals surface area contributed by atoms with Gasteiger partial charge in [0.15, 0.2) is 6.61 Å². The summed E-state index contributed by atoms with van der Waals surface area (Å²) in [5.41, 5.74) is 1.42. The molecule has 0 saturated carbocycles. The second kappa shape index (κ2) is 8.82. The average molecular weight is 329 g/mol. The lowest BCUT2D eigenvalue weighted by Crippen LogP contribution is -2.36. The van der Waals surface area contributed by atoms with E-state index in [0.29, 0.717) is 0 Å². The summed E-state index contributed by atoms with van der Waals surface area (Å²) in [6.45, 7) is 1.55. The Morgan fingerprint density at radius 3 is 2.42 bits per heavy atom. The monoisotopic (exact) mass is 329 g/mol. The molecule has 0 heterocycles. The van der Waals surface area contributed by atoms with Crippen molar-refractivity contribution < 1.29 is 18.7 Å². The average Bonchev–Trinajstić information content (AvgIpc) is 2.59. The van der Waals surface area contributed by atoms with Gasteiger partial charge >= 0.3 is 5.97 Å². The van der Waals surface area contributed by atoms with Crippen LogP contribution in [-0.4, -0.2) is 24.5 Å². The van der Waals surface area contributed by atoms with Crippen LogP contribution in [0.5, 0.6) is 0 Å². The van der Waals surface area contributed by atoms with Crippen molar-refractivity contribution in [1.82, 2.24) is 5.32 Å². The molecule has 2 aromatic rings. The second-order valence-corrected chi connectivity index (χ2v) is 5.58. The van der Waals surface area contributed by atoms with Crippen molar-refractivity contribution in [3.63, 3.8) is 0 Å². The highest BCUT2D eigenvalue weighted by Gasteiger charge is 2.12. The number of carbonyl (C=O) groups excluding carboxylic acids is 2. The fourth-order valence-corrected chi connectivity index (χ4v) is 2.22. The third-order valence-electron chi connectivity index (χ3n) is 3.53. The molecule has 0 spiro atoms. The van der Waals surface area contributed by atoms with E-state index in [-0.39, 0.29) is 24.1 Å². The van der Waals surface area contributed by atoms with Crippen LogP contribution in [0.25, 0.3) is 0 Å². The van der Waals surface area contributed by atoms with E-state index >= 15 is 0 Å². The lowest BCUT2D eigenvalue weighted by atomic mass is 10.1. The zero-order chi connectivity index (χ0) is 17.4. The predicted octanol–water partition coefficient (Wildman–Crippen LogP) is 3.12. The van der Waals surface area contributed by atoms with Gasteiger partial charge in [0.05, 0.1) is 5.56 Å².